The average Bonchev–Trinajstić information content (AvgIpc) is 3.18. The van der Waals surface area contributed by atoms with E-state index in [1.54, 1.807) is 18.2 Å². The summed E-state index contributed by atoms with van der Waals surface area (Å²) in [6, 6.07) is 1.00. The Labute approximate surface area is 120 Å². The molecule has 2 unspecified atom stereocenters. The van der Waals surface area contributed by atoms with Gasteiger partial charge in [0.1, 0.15) is 18.3 Å². The molecule has 0 saturated carbocycles. The molecule has 4 rings (SSSR count). The van der Waals surface area contributed by atoms with E-state index in [0.29, 0.717) is 23.8 Å². The average molecular weight is 289 g/mol. The second-order valence-electron chi connectivity index (χ2n) is 5.47. The molecule has 2 saturated heterocycles. The lowest BCUT2D eigenvalue weighted by Gasteiger charge is -2.38. The molecule has 6 nitrogen and oxygen atoms in total. The smallest absolute Gasteiger partial charge is 0.273 e. The summed E-state index contributed by atoms with van der Waals surface area (Å²) in [5, 5.41) is 6.09. The van der Waals surface area contributed by atoms with E-state index in [0.717, 1.165) is 25.7 Å². The van der Waals surface area contributed by atoms with Crippen LogP contribution in [0.1, 0.15) is 42.2 Å². The van der Waals surface area contributed by atoms with Crippen LogP contribution < -0.4 is 0 Å². The third kappa shape index (κ3) is 1.84. The van der Waals surface area contributed by atoms with Gasteiger partial charge in [-0.1, -0.05) is 0 Å². The van der Waals surface area contributed by atoms with Gasteiger partial charge in [0.25, 0.3) is 5.91 Å². The maximum atomic E-state index is 12.6. The summed E-state index contributed by atoms with van der Waals surface area (Å²) in [5.74, 6) is 0.0933. The zero-order valence-corrected chi connectivity index (χ0v) is 11.7. The van der Waals surface area contributed by atoms with Gasteiger partial charge in [-0.05, 0) is 25.7 Å². The van der Waals surface area contributed by atoms with E-state index in [1.807, 2.05) is 10.1 Å². The summed E-state index contributed by atoms with van der Waals surface area (Å²) in [5.41, 5.74) is 2.31. The van der Waals surface area contributed by atoms with Crippen LogP contribution in [-0.4, -0.2) is 42.6 Å². The molecule has 2 aromatic heterocycles. The summed E-state index contributed by atoms with van der Waals surface area (Å²) in [4.78, 5) is 22.8. The molecule has 104 valence electrons. The Kier molecular flexibility index (Phi) is 2.80. The van der Waals surface area contributed by atoms with E-state index >= 15 is 0 Å². The molecule has 2 atom stereocenters. The van der Waals surface area contributed by atoms with Crippen molar-refractivity contribution >= 4 is 17.2 Å². The van der Waals surface area contributed by atoms with Crippen molar-refractivity contribution in [3.05, 3.63) is 29.2 Å². The first-order valence-electron chi connectivity index (χ1n) is 6.88. The Bertz CT molecular complexity index is 582. The zero-order valence-electron chi connectivity index (χ0n) is 10.9. The Morgan fingerprint density at radius 2 is 2.05 bits per heavy atom. The van der Waals surface area contributed by atoms with Gasteiger partial charge in [0.05, 0.1) is 11.6 Å². The van der Waals surface area contributed by atoms with E-state index in [9.17, 15) is 4.79 Å². The van der Waals surface area contributed by atoms with Crippen molar-refractivity contribution in [2.24, 2.45) is 0 Å². The third-order valence-electron chi connectivity index (χ3n) is 4.40. The van der Waals surface area contributed by atoms with Gasteiger partial charge in [-0.3, -0.25) is 4.79 Å². The van der Waals surface area contributed by atoms with Crippen LogP contribution in [0.5, 0.6) is 0 Å². The van der Waals surface area contributed by atoms with Crippen LogP contribution >= 0.6 is 11.3 Å². The fourth-order valence-corrected chi connectivity index (χ4v) is 4.08. The fourth-order valence-electron chi connectivity index (χ4n) is 3.55. The molecular weight excluding hydrogens is 274 g/mol. The molecule has 0 aromatic carbocycles. The Balaban J connectivity index is 1.56. The predicted molar refractivity (Wildman–Crippen MR) is 73.4 cm³/mol. The number of carbonyl (C=O) groups excluding carboxylic acids is 1. The minimum atomic E-state index is 0.0933. The number of nitrogens with zero attached hydrogens (tertiary/aromatic N) is 5. The molecule has 4 heterocycles. The predicted octanol–water partition coefficient (Wildman–Crippen LogP) is 1.74. The van der Waals surface area contributed by atoms with Gasteiger partial charge in [-0.2, -0.15) is 5.10 Å². The Morgan fingerprint density at radius 3 is 2.65 bits per heavy atom. The van der Waals surface area contributed by atoms with Crippen LogP contribution in [0.2, 0.25) is 0 Å². The van der Waals surface area contributed by atoms with Crippen molar-refractivity contribution in [3.63, 3.8) is 0 Å². The molecular formula is C13H15N5OS. The van der Waals surface area contributed by atoms with Crippen molar-refractivity contribution in [1.29, 1.82) is 0 Å². The molecule has 2 aromatic rings. The van der Waals surface area contributed by atoms with Crippen LogP contribution in [0.4, 0.5) is 0 Å². The zero-order chi connectivity index (χ0) is 13.5. The number of carbonyl (C=O) groups is 1. The van der Waals surface area contributed by atoms with Gasteiger partial charge in [-0.25, -0.2) is 14.6 Å². The molecule has 0 radical (unpaired) electrons. The summed E-state index contributed by atoms with van der Waals surface area (Å²) < 4.78 is 1.94. The monoisotopic (exact) mass is 289 g/mol. The molecule has 0 N–H and O–H groups in total. The second-order valence-corrected chi connectivity index (χ2v) is 6.19. The molecule has 7 heteroatoms. The minimum absolute atomic E-state index is 0.0933. The number of piperidine rings is 1. The van der Waals surface area contributed by atoms with E-state index in [4.69, 9.17) is 0 Å². The number of hydrogen-bond acceptors (Lipinski definition) is 5. The van der Waals surface area contributed by atoms with Crippen LogP contribution in [0.25, 0.3) is 0 Å². The van der Waals surface area contributed by atoms with Gasteiger partial charge < -0.3 is 4.90 Å². The fraction of sp³-hybridized carbons (Fsp3) is 0.538. The molecule has 2 aliphatic rings. The number of amides is 1. The van der Waals surface area contributed by atoms with Gasteiger partial charge in [-0.15, -0.1) is 11.3 Å². The SMILES string of the molecule is O=C(c1cscn1)N1C2CCC1CC(n1cncn1)C2. The molecule has 0 spiro atoms. The van der Waals surface area contributed by atoms with Crippen LogP contribution in [0, 0.1) is 0 Å². The largest absolute Gasteiger partial charge is 0.331 e. The van der Waals surface area contributed by atoms with Crippen LogP contribution in [0.15, 0.2) is 23.5 Å². The van der Waals surface area contributed by atoms with Gasteiger partial charge in [0.15, 0.2) is 0 Å². The topological polar surface area (TPSA) is 63.9 Å². The lowest BCUT2D eigenvalue weighted by atomic mass is 9.97. The number of thiazole rings is 1. The first-order valence-corrected chi connectivity index (χ1v) is 7.82. The Morgan fingerprint density at radius 1 is 1.25 bits per heavy atom. The summed E-state index contributed by atoms with van der Waals surface area (Å²) in [6.07, 6.45) is 7.47. The molecule has 20 heavy (non-hydrogen) atoms. The molecule has 1 amide bonds. The van der Waals surface area contributed by atoms with Crippen molar-refractivity contribution in [3.8, 4) is 0 Å². The standard InChI is InChI=1S/C13H15N5OS/c19-13(12-5-20-8-15-12)18-9-1-2-10(18)4-11(3-9)17-7-14-6-16-17/h5-11H,1-4H2. The minimum Gasteiger partial charge on any atom is -0.331 e. The number of hydrogen-bond donors (Lipinski definition) is 0. The lowest BCUT2D eigenvalue weighted by Crippen LogP contribution is -2.47. The van der Waals surface area contributed by atoms with E-state index < -0.39 is 0 Å². The van der Waals surface area contributed by atoms with Gasteiger partial charge >= 0.3 is 0 Å². The summed E-state index contributed by atoms with van der Waals surface area (Å²) in [7, 11) is 0. The van der Waals surface area contributed by atoms with Crippen molar-refractivity contribution in [1.82, 2.24) is 24.6 Å². The van der Waals surface area contributed by atoms with Crippen LogP contribution in [0.3, 0.4) is 0 Å². The quantitative estimate of drug-likeness (QED) is 0.845. The highest BCUT2D eigenvalue weighted by molar-refractivity contribution is 7.07. The molecule has 2 aliphatic heterocycles. The first kappa shape index (κ1) is 12.0. The van der Waals surface area contributed by atoms with Crippen molar-refractivity contribution in [2.75, 3.05) is 0 Å². The molecule has 2 fully saturated rings. The lowest BCUT2D eigenvalue weighted by molar-refractivity contribution is 0.0519. The number of aromatic nitrogens is 4. The maximum absolute atomic E-state index is 12.6. The number of fused-ring (bicyclic) bond motifs is 2. The van der Waals surface area contributed by atoms with E-state index in [2.05, 4.69) is 20.0 Å². The Hall–Kier alpha value is -1.76. The highest BCUT2D eigenvalue weighted by Gasteiger charge is 2.44. The highest BCUT2D eigenvalue weighted by atomic mass is 32.1. The van der Waals surface area contributed by atoms with Crippen LogP contribution in [-0.2, 0) is 0 Å². The summed E-state index contributed by atoms with van der Waals surface area (Å²) >= 11 is 1.47. The first-order chi connectivity index (χ1) is 9.83. The summed E-state index contributed by atoms with van der Waals surface area (Å²) in [6.45, 7) is 0. The van der Waals surface area contributed by atoms with E-state index in [-0.39, 0.29) is 5.91 Å². The van der Waals surface area contributed by atoms with Crippen molar-refractivity contribution in [2.45, 2.75) is 43.8 Å². The van der Waals surface area contributed by atoms with Crippen molar-refractivity contribution < 1.29 is 4.79 Å². The third-order valence-corrected chi connectivity index (χ3v) is 4.99. The normalized spacial score (nSPS) is 28.8. The number of rotatable bonds is 2. The van der Waals surface area contributed by atoms with Gasteiger partial charge in [0.2, 0.25) is 0 Å². The van der Waals surface area contributed by atoms with Gasteiger partial charge in [0, 0.05) is 17.5 Å². The highest BCUT2D eigenvalue weighted by Crippen LogP contribution is 2.41. The molecule has 2 bridgehead atoms. The second kappa shape index (κ2) is 4.66. The maximum Gasteiger partial charge on any atom is 0.273 e. The van der Waals surface area contributed by atoms with E-state index in [1.165, 1.54) is 11.3 Å². The molecule has 0 aliphatic carbocycles.